The Morgan fingerprint density at radius 1 is 1.11 bits per heavy atom. The molecule has 1 aromatic rings. The molecule has 0 aliphatic rings. The van der Waals surface area contributed by atoms with Crippen molar-refractivity contribution in [2.75, 3.05) is 19.3 Å². The molecule has 0 saturated carbocycles. The lowest BCUT2D eigenvalue weighted by atomic mass is 10.1. The van der Waals surface area contributed by atoms with Gasteiger partial charge in [-0.1, -0.05) is 38.2 Å². The first-order valence-corrected chi connectivity index (χ1v) is 9.11. The van der Waals surface area contributed by atoms with E-state index in [-0.39, 0.29) is 0 Å². The summed E-state index contributed by atoms with van der Waals surface area (Å²) in [6.07, 6.45) is 9.54. The molecule has 1 aromatic heterocycles. The Morgan fingerprint density at radius 2 is 1.74 bits per heavy atom. The molecule has 1 rings (SSSR count). The second kappa shape index (κ2) is 10.8. The zero-order chi connectivity index (χ0) is 13.9. The number of rotatable bonds is 11. The van der Waals surface area contributed by atoms with Crippen LogP contribution in [0.5, 0.6) is 0 Å². The van der Waals surface area contributed by atoms with Crippen LogP contribution in [0.2, 0.25) is 0 Å². The predicted molar refractivity (Wildman–Crippen MR) is 91.5 cm³/mol. The standard InChI is InChI=1S/C16H29NS2/c1-15(16-11-10-14-19-16)17(2)12-8-6-4-3-5-7-9-13-18/h10-11,14-15,18H,3-9,12-13H2,1-2H3. The van der Waals surface area contributed by atoms with E-state index >= 15 is 0 Å². The van der Waals surface area contributed by atoms with E-state index in [0.29, 0.717) is 6.04 Å². The summed E-state index contributed by atoms with van der Waals surface area (Å²) in [5, 5.41) is 2.17. The molecule has 0 fully saturated rings. The minimum absolute atomic E-state index is 0.565. The molecular weight excluding hydrogens is 270 g/mol. The monoisotopic (exact) mass is 299 g/mol. The highest BCUT2D eigenvalue weighted by molar-refractivity contribution is 7.80. The summed E-state index contributed by atoms with van der Waals surface area (Å²) >= 11 is 6.11. The average Bonchev–Trinajstić information content (AvgIpc) is 2.94. The first-order chi connectivity index (χ1) is 9.25. The summed E-state index contributed by atoms with van der Waals surface area (Å²) in [5.41, 5.74) is 0. The maximum atomic E-state index is 4.24. The van der Waals surface area contributed by atoms with Crippen LogP contribution < -0.4 is 0 Å². The van der Waals surface area contributed by atoms with Gasteiger partial charge in [0, 0.05) is 10.9 Å². The Hall–Kier alpha value is 0.01000. The van der Waals surface area contributed by atoms with Gasteiger partial charge in [-0.25, -0.2) is 0 Å². The number of hydrogen-bond donors (Lipinski definition) is 1. The van der Waals surface area contributed by atoms with Crippen LogP contribution in [0.3, 0.4) is 0 Å². The molecule has 1 atom stereocenters. The van der Waals surface area contributed by atoms with E-state index in [1.165, 1.54) is 56.4 Å². The molecule has 110 valence electrons. The number of unbranched alkanes of at least 4 members (excludes halogenated alkanes) is 6. The van der Waals surface area contributed by atoms with Crippen molar-refractivity contribution in [2.45, 2.75) is 57.9 Å². The van der Waals surface area contributed by atoms with Crippen molar-refractivity contribution in [2.24, 2.45) is 0 Å². The number of nitrogens with zero attached hydrogens (tertiary/aromatic N) is 1. The van der Waals surface area contributed by atoms with Gasteiger partial charge >= 0.3 is 0 Å². The number of thiophene rings is 1. The highest BCUT2D eigenvalue weighted by atomic mass is 32.1. The van der Waals surface area contributed by atoms with Crippen molar-refractivity contribution in [1.29, 1.82) is 0 Å². The van der Waals surface area contributed by atoms with E-state index in [2.05, 4.69) is 49.0 Å². The molecule has 0 aliphatic carbocycles. The lowest BCUT2D eigenvalue weighted by molar-refractivity contribution is 0.258. The van der Waals surface area contributed by atoms with Crippen LogP contribution in [0.15, 0.2) is 17.5 Å². The second-order valence-electron chi connectivity index (χ2n) is 5.37. The highest BCUT2D eigenvalue weighted by Gasteiger charge is 2.11. The summed E-state index contributed by atoms with van der Waals surface area (Å²) < 4.78 is 0. The van der Waals surface area contributed by atoms with Gasteiger partial charge in [-0.05, 0) is 50.6 Å². The van der Waals surface area contributed by atoms with Gasteiger partial charge in [0.25, 0.3) is 0 Å². The predicted octanol–water partition coefficient (Wildman–Crippen LogP) is 5.40. The van der Waals surface area contributed by atoms with Crippen LogP contribution in [-0.2, 0) is 0 Å². The molecular formula is C16H29NS2. The molecule has 0 amide bonds. The summed E-state index contributed by atoms with van der Waals surface area (Å²) in [6.45, 7) is 3.53. The van der Waals surface area contributed by atoms with E-state index in [4.69, 9.17) is 0 Å². The van der Waals surface area contributed by atoms with Gasteiger partial charge in [0.05, 0.1) is 0 Å². The van der Waals surface area contributed by atoms with Crippen LogP contribution in [-0.4, -0.2) is 24.2 Å². The molecule has 0 aromatic carbocycles. The Balaban J connectivity index is 2.00. The van der Waals surface area contributed by atoms with E-state index < -0.39 is 0 Å². The first-order valence-electron chi connectivity index (χ1n) is 7.60. The molecule has 1 nitrogen and oxygen atoms in total. The number of hydrogen-bond acceptors (Lipinski definition) is 3. The molecule has 19 heavy (non-hydrogen) atoms. The third-order valence-electron chi connectivity index (χ3n) is 3.79. The van der Waals surface area contributed by atoms with Gasteiger partial charge < -0.3 is 0 Å². The van der Waals surface area contributed by atoms with Gasteiger partial charge in [-0.15, -0.1) is 11.3 Å². The fraction of sp³-hybridized carbons (Fsp3) is 0.750. The molecule has 0 radical (unpaired) electrons. The van der Waals surface area contributed by atoms with E-state index in [1.54, 1.807) is 0 Å². The Kier molecular flexibility index (Phi) is 9.66. The quantitative estimate of drug-likeness (QED) is 0.423. The summed E-state index contributed by atoms with van der Waals surface area (Å²) in [7, 11) is 2.25. The SMILES string of the molecule is CC(c1cccs1)N(C)CCCCCCCCCS. The van der Waals surface area contributed by atoms with E-state index in [1.807, 2.05) is 11.3 Å². The minimum atomic E-state index is 0.565. The van der Waals surface area contributed by atoms with Gasteiger partial charge in [0.15, 0.2) is 0 Å². The Morgan fingerprint density at radius 3 is 2.32 bits per heavy atom. The maximum absolute atomic E-state index is 4.24. The second-order valence-corrected chi connectivity index (χ2v) is 6.80. The average molecular weight is 300 g/mol. The van der Waals surface area contributed by atoms with E-state index in [0.717, 1.165) is 5.75 Å². The fourth-order valence-corrected chi connectivity index (χ4v) is 3.37. The van der Waals surface area contributed by atoms with Crippen molar-refractivity contribution < 1.29 is 0 Å². The summed E-state index contributed by atoms with van der Waals surface area (Å²) in [5.74, 6) is 1.05. The van der Waals surface area contributed by atoms with Gasteiger partial charge in [-0.3, -0.25) is 4.90 Å². The summed E-state index contributed by atoms with van der Waals surface area (Å²) in [4.78, 5) is 3.96. The van der Waals surface area contributed by atoms with Crippen molar-refractivity contribution in [3.8, 4) is 0 Å². The largest absolute Gasteiger partial charge is 0.299 e. The van der Waals surface area contributed by atoms with E-state index in [9.17, 15) is 0 Å². The molecule has 0 aliphatic heterocycles. The molecule has 1 unspecified atom stereocenters. The highest BCUT2D eigenvalue weighted by Crippen LogP contribution is 2.23. The Bertz CT molecular complexity index is 298. The van der Waals surface area contributed by atoms with Gasteiger partial charge in [0.1, 0.15) is 0 Å². The third-order valence-corrected chi connectivity index (χ3v) is 5.14. The van der Waals surface area contributed by atoms with Crippen LogP contribution in [0.25, 0.3) is 0 Å². The number of thiol groups is 1. The third kappa shape index (κ3) is 7.38. The van der Waals surface area contributed by atoms with Gasteiger partial charge in [0.2, 0.25) is 0 Å². The molecule has 0 bridgehead atoms. The molecule has 3 heteroatoms. The van der Waals surface area contributed by atoms with Crippen LogP contribution >= 0.6 is 24.0 Å². The topological polar surface area (TPSA) is 3.24 Å². The lowest BCUT2D eigenvalue weighted by Crippen LogP contribution is -2.22. The van der Waals surface area contributed by atoms with Crippen molar-refractivity contribution >= 4 is 24.0 Å². The molecule has 0 N–H and O–H groups in total. The van der Waals surface area contributed by atoms with Crippen molar-refractivity contribution in [1.82, 2.24) is 4.90 Å². The summed E-state index contributed by atoms with van der Waals surface area (Å²) in [6, 6.07) is 4.96. The minimum Gasteiger partial charge on any atom is -0.299 e. The van der Waals surface area contributed by atoms with Crippen molar-refractivity contribution in [3.05, 3.63) is 22.4 Å². The molecule has 1 heterocycles. The fourth-order valence-electron chi connectivity index (χ4n) is 2.30. The molecule has 0 spiro atoms. The van der Waals surface area contributed by atoms with Crippen molar-refractivity contribution in [3.63, 3.8) is 0 Å². The first kappa shape index (κ1) is 17.1. The smallest absolute Gasteiger partial charge is 0.0410 e. The normalized spacial score (nSPS) is 13.1. The van der Waals surface area contributed by atoms with Gasteiger partial charge in [-0.2, -0.15) is 12.6 Å². The lowest BCUT2D eigenvalue weighted by Gasteiger charge is -2.23. The van der Waals surface area contributed by atoms with Crippen LogP contribution in [0.4, 0.5) is 0 Å². The zero-order valence-corrected chi connectivity index (χ0v) is 14.2. The molecule has 0 saturated heterocycles. The maximum Gasteiger partial charge on any atom is 0.0410 e. The van der Waals surface area contributed by atoms with Crippen LogP contribution in [0, 0.1) is 0 Å². The zero-order valence-electron chi connectivity index (χ0n) is 12.5. The Labute approximate surface area is 128 Å². The van der Waals surface area contributed by atoms with Crippen LogP contribution in [0.1, 0.15) is 62.8 Å².